The monoisotopic (exact) mass is 249 g/mol. The minimum absolute atomic E-state index is 0.161. The summed E-state index contributed by atoms with van der Waals surface area (Å²) < 4.78 is 6.08. The third kappa shape index (κ3) is 5.19. The van der Waals surface area contributed by atoms with Gasteiger partial charge in [-0.2, -0.15) is 0 Å². The third-order valence-corrected chi connectivity index (χ3v) is 3.17. The summed E-state index contributed by atoms with van der Waals surface area (Å²) in [5, 5.41) is 3.22. The van der Waals surface area contributed by atoms with Gasteiger partial charge < -0.3 is 10.1 Å². The molecule has 2 nitrogen and oxygen atoms in total. The maximum atomic E-state index is 6.08. The van der Waals surface area contributed by atoms with E-state index in [1.54, 1.807) is 0 Å². The fourth-order valence-corrected chi connectivity index (χ4v) is 2.19. The first kappa shape index (κ1) is 15.2. The highest BCUT2D eigenvalue weighted by atomic mass is 16.5. The van der Waals surface area contributed by atoms with Crippen molar-refractivity contribution in [3.05, 3.63) is 35.4 Å². The van der Waals surface area contributed by atoms with Crippen LogP contribution < -0.4 is 5.32 Å². The van der Waals surface area contributed by atoms with Crippen molar-refractivity contribution < 1.29 is 4.74 Å². The molecule has 1 N–H and O–H groups in total. The van der Waals surface area contributed by atoms with Gasteiger partial charge in [0.15, 0.2) is 0 Å². The number of nitrogens with one attached hydrogen (secondary N) is 1. The molecule has 18 heavy (non-hydrogen) atoms. The Kier molecular flexibility index (Phi) is 6.99. The van der Waals surface area contributed by atoms with Crippen molar-refractivity contribution in [2.24, 2.45) is 5.92 Å². The van der Waals surface area contributed by atoms with Gasteiger partial charge in [0, 0.05) is 6.54 Å². The number of benzene rings is 1. The molecule has 0 amide bonds. The molecule has 0 bridgehead atoms. The highest BCUT2D eigenvalue weighted by Gasteiger charge is 2.12. The van der Waals surface area contributed by atoms with Crippen LogP contribution in [-0.4, -0.2) is 20.2 Å². The molecule has 0 radical (unpaired) electrons. The van der Waals surface area contributed by atoms with Crippen LogP contribution in [0.5, 0.6) is 0 Å². The van der Waals surface area contributed by atoms with E-state index in [0.717, 1.165) is 13.2 Å². The molecule has 1 aromatic carbocycles. The van der Waals surface area contributed by atoms with Gasteiger partial charge in [0.25, 0.3) is 0 Å². The van der Waals surface area contributed by atoms with Crippen molar-refractivity contribution in [1.82, 2.24) is 5.32 Å². The zero-order valence-corrected chi connectivity index (χ0v) is 12.2. The van der Waals surface area contributed by atoms with Crippen molar-refractivity contribution in [1.29, 1.82) is 0 Å². The standard InChI is InChI=1S/C16H27NO/c1-5-7-14(3)12-18-16(11-17-4)15-9-6-8-13(2)10-15/h6,8-10,14,16-17H,5,7,11-12H2,1-4H3. The van der Waals surface area contributed by atoms with E-state index in [4.69, 9.17) is 4.74 Å². The Hall–Kier alpha value is -0.860. The molecular formula is C16H27NO. The first-order valence-electron chi connectivity index (χ1n) is 7.00. The van der Waals surface area contributed by atoms with Crippen LogP contribution in [0.25, 0.3) is 0 Å². The van der Waals surface area contributed by atoms with Crippen LogP contribution in [0.15, 0.2) is 24.3 Å². The molecular weight excluding hydrogens is 222 g/mol. The van der Waals surface area contributed by atoms with Crippen LogP contribution in [0.4, 0.5) is 0 Å². The molecule has 0 aliphatic heterocycles. The molecule has 2 atom stereocenters. The Morgan fingerprint density at radius 1 is 1.33 bits per heavy atom. The van der Waals surface area contributed by atoms with E-state index in [-0.39, 0.29) is 6.10 Å². The van der Waals surface area contributed by atoms with Gasteiger partial charge in [0.1, 0.15) is 0 Å². The zero-order valence-electron chi connectivity index (χ0n) is 12.2. The van der Waals surface area contributed by atoms with Crippen LogP contribution >= 0.6 is 0 Å². The lowest BCUT2D eigenvalue weighted by molar-refractivity contribution is 0.0310. The van der Waals surface area contributed by atoms with Gasteiger partial charge in [-0.3, -0.25) is 0 Å². The lowest BCUT2D eigenvalue weighted by Gasteiger charge is -2.21. The largest absolute Gasteiger partial charge is 0.372 e. The number of aryl methyl sites for hydroxylation is 1. The summed E-state index contributed by atoms with van der Waals surface area (Å²) in [4.78, 5) is 0. The summed E-state index contributed by atoms with van der Waals surface area (Å²) in [5.74, 6) is 0.638. The van der Waals surface area contributed by atoms with E-state index in [1.165, 1.54) is 24.0 Å². The fraction of sp³-hybridized carbons (Fsp3) is 0.625. The molecule has 0 aliphatic rings. The lowest BCUT2D eigenvalue weighted by Crippen LogP contribution is -2.21. The predicted molar refractivity (Wildman–Crippen MR) is 77.9 cm³/mol. The van der Waals surface area contributed by atoms with Crippen LogP contribution in [0.2, 0.25) is 0 Å². The Morgan fingerprint density at radius 3 is 2.72 bits per heavy atom. The Balaban J connectivity index is 2.59. The summed E-state index contributed by atoms with van der Waals surface area (Å²) >= 11 is 0. The van der Waals surface area contributed by atoms with Crippen LogP contribution in [0.3, 0.4) is 0 Å². The summed E-state index contributed by atoms with van der Waals surface area (Å²) in [6.07, 6.45) is 2.63. The zero-order chi connectivity index (χ0) is 13.4. The highest BCUT2D eigenvalue weighted by molar-refractivity contribution is 5.24. The summed E-state index contributed by atoms with van der Waals surface area (Å²) in [6, 6.07) is 8.60. The minimum atomic E-state index is 0.161. The second-order valence-corrected chi connectivity index (χ2v) is 5.19. The van der Waals surface area contributed by atoms with Gasteiger partial charge >= 0.3 is 0 Å². The number of rotatable bonds is 8. The maximum Gasteiger partial charge on any atom is 0.0949 e. The predicted octanol–water partition coefficient (Wildman–Crippen LogP) is 3.71. The molecule has 1 aromatic rings. The number of hydrogen-bond acceptors (Lipinski definition) is 2. The second kappa shape index (κ2) is 8.28. The molecule has 1 rings (SSSR count). The van der Waals surface area contributed by atoms with Crippen molar-refractivity contribution in [2.75, 3.05) is 20.2 Å². The molecule has 0 heterocycles. The van der Waals surface area contributed by atoms with Crippen molar-refractivity contribution in [3.63, 3.8) is 0 Å². The normalized spacial score (nSPS) is 14.4. The minimum Gasteiger partial charge on any atom is -0.372 e. The smallest absolute Gasteiger partial charge is 0.0949 e. The van der Waals surface area contributed by atoms with Gasteiger partial charge in [-0.25, -0.2) is 0 Å². The van der Waals surface area contributed by atoms with Crippen LogP contribution in [0, 0.1) is 12.8 Å². The summed E-state index contributed by atoms with van der Waals surface area (Å²) in [6.45, 7) is 8.31. The van der Waals surface area contributed by atoms with E-state index in [9.17, 15) is 0 Å². The molecule has 0 saturated heterocycles. The number of likely N-dealkylation sites (N-methyl/N-ethyl adjacent to an activating group) is 1. The highest BCUT2D eigenvalue weighted by Crippen LogP contribution is 2.19. The summed E-state index contributed by atoms with van der Waals surface area (Å²) in [7, 11) is 1.97. The second-order valence-electron chi connectivity index (χ2n) is 5.19. The number of hydrogen-bond donors (Lipinski definition) is 1. The molecule has 0 aromatic heterocycles. The van der Waals surface area contributed by atoms with Crippen molar-refractivity contribution >= 4 is 0 Å². The quantitative estimate of drug-likeness (QED) is 0.758. The van der Waals surface area contributed by atoms with Gasteiger partial charge in [-0.05, 0) is 31.9 Å². The van der Waals surface area contributed by atoms with Gasteiger partial charge in [-0.1, -0.05) is 50.1 Å². The van der Waals surface area contributed by atoms with E-state index in [1.807, 2.05) is 7.05 Å². The van der Waals surface area contributed by atoms with Crippen LogP contribution in [-0.2, 0) is 4.74 Å². The lowest BCUT2D eigenvalue weighted by atomic mass is 10.1. The van der Waals surface area contributed by atoms with E-state index >= 15 is 0 Å². The average molecular weight is 249 g/mol. The molecule has 0 fully saturated rings. The third-order valence-electron chi connectivity index (χ3n) is 3.17. The molecule has 2 unspecified atom stereocenters. The maximum absolute atomic E-state index is 6.08. The van der Waals surface area contributed by atoms with E-state index in [2.05, 4.69) is 50.4 Å². The van der Waals surface area contributed by atoms with E-state index < -0.39 is 0 Å². The topological polar surface area (TPSA) is 21.3 Å². The first-order valence-corrected chi connectivity index (χ1v) is 7.00. The molecule has 102 valence electrons. The fourth-order valence-electron chi connectivity index (χ4n) is 2.19. The SMILES string of the molecule is CCCC(C)COC(CNC)c1cccc(C)c1. The molecule has 0 aliphatic carbocycles. The van der Waals surface area contributed by atoms with Gasteiger partial charge in [0.05, 0.1) is 12.7 Å². The van der Waals surface area contributed by atoms with Gasteiger partial charge in [-0.15, -0.1) is 0 Å². The van der Waals surface area contributed by atoms with Crippen molar-refractivity contribution in [2.45, 2.75) is 39.7 Å². The summed E-state index contributed by atoms with van der Waals surface area (Å²) in [5.41, 5.74) is 2.56. The Morgan fingerprint density at radius 2 is 2.11 bits per heavy atom. The molecule has 2 heteroatoms. The molecule has 0 spiro atoms. The number of ether oxygens (including phenoxy) is 1. The Labute approximate surface area is 112 Å². The average Bonchev–Trinajstić information content (AvgIpc) is 2.35. The molecule has 0 saturated carbocycles. The van der Waals surface area contributed by atoms with E-state index in [0.29, 0.717) is 5.92 Å². The first-order chi connectivity index (χ1) is 8.67. The van der Waals surface area contributed by atoms with Crippen LogP contribution in [0.1, 0.15) is 43.9 Å². The Bertz CT molecular complexity index is 338. The van der Waals surface area contributed by atoms with Gasteiger partial charge in [0.2, 0.25) is 0 Å². The van der Waals surface area contributed by atoms with Crippen molar-refractivity contribution in [3.8, 4) is 0 Å².